The SMILES string of the molecule is CN(C)CCNC1=CC(=O)c2sc(C3CCCCC3)nc2C1=O. The van der Waals surface area contributed by atoms with Crippen molar-refractivity contribution in [2.75, 3.05) is 27.2 Å². The summed E-state index contributed by atoms with van der Waals surface area (Å²) in [5.41, 5.74) is 0.736. The number of ketones is 2. The maximum Gasteiger partial charge on any atom is 0.228 e. The second-order valence-electron chi connectivity index (χ2n) is 6.55. The van der Waals surface area contributed by atoms with E-state index in [0.717, 1.165) is 24.4 Å². The Kier molecular flexibility index (Phi) is 4.92. The lowest BCUT2D eigenvalue weighted by Gasteiger charge is -2.18. The Morgan fingerprint density at radius 3 is 2.70 bits per heavy atom. The minimum atomic E-state index is -0.142. The van der Waals surface area contributed by atoms with E-state index in [1.54, 1.807) is 0 Å². The molecule has 1 aromatic heterocycles. The molecule has 0 unspecified atom stereocenters. The van der Waals surface area contributed by atoms with E-state index < -0.39 is 0 Å². The van der Waals surface area contributed by atoms with Gasteiger partial charge in [-0.15, -0.1) is 11.3 Å². The van der Waals surface area contributed by atoms with E-state index >= 15 is 0 Å². The molecule has 0 bridgehead atoms. The van der Waals surface area contributed by atoms with Crippen molar-refractivity contribution in [3.8, 4) is 0 Å². The number of allylic oxidation sites excluding steroid dienone is 2. The van der Waals surface area contributed by atoms with Crippen molar-refractivity contribution in [1.82, 2.24) is 15.2 Å². The van der Waals surface area contributed by atoms with Gasteiger partial charge in [0.05, 0.1) is 10.7 Å². The van der Waals surface area contributed by atoms with Crippen molar-refractivity contribution < 1.29 is 9.59 Å². The quantitative estimate of drug-likeness (QED) is 0.897. The second-order valence-corrected chi connectivity index (χ2v) is 7.58. The standard InChI is InChI=1S/C17H23N3O2S/c1-20(2)9-8-18-12-10-13(21)16-14(15(12)22)19-17(23-16)11-6-4-3-5-7-11/h10-11,18H,3-9H2,1-2H3. The molecular formula is C17H23N3O2S. The van der Waals surface area contributed by atoms with Crippen molar-refractivity contribution in [2.24, 2.45) is 0 Å². The molecule has 1 saturated carbocycles. The molecule has 1 heterocycles. The molecule has 6 heteroatoms. The molecule has 1 aromatic rings. The van der Waals surface area contributed by atoms with Gasteiger partial charge in [0.1, 0.15) is 10.6 Å². The first kappa shape index (κ1) is 16.3. The number of carbonyl (C=O) groups is 2. The van der Waals surface area contributed by atoms with Crippen molar-refractivity contribution in [3.63, 3.8) is 0 Å². The van der Waals surface area contributed by atoms with Crippen molar-refractivity contribution in [3.05, 3.63) is 27.4 Å². The zero-order chi connectivity index (χ0) is 16.4. The van der Waals surface area contributed by atoms with E-state index in [2.05, 4.69) is 10.3 Å². The average Bonchev–Trinajstić information content (AvgIpc) is 2.99. The predicted molar refractivity (Wildman–Crippen MR) is 91.2 cm³/mol. The highest BCUT2D eigenvalue weighted by molar-refractivity contribution is 7.14. The summed E-state index contributed by atoms with van der Waals surface area (Å²) in [6.07, 6.45) is 7.38. The van der Waals surface area contributed by atoms with Crippen LogP contribution in [0.25, 0.3) is 0 Å². The molecular weight excluding hydrogens is 310 g/mol. The first-order valence-corrected chi connectivity index (χ1v) is 9.08. The number of nitrogens with one attached hydrogen (secondary N) is 1. The van der Waals surface area contributed by atoms with Gasteiger partial charge in [0.2, 0.25) is 5.78 Å². The van der Waals surface area contributed by atoms with Crippen molar-refractivity contribution in [1.29, 1.82) is 0 Å². The largest absolute Gasteiger partial charge is 0.380 e. The fourth-order valence-electron chi connectivity index (χ4n) is 3.12. The molecule has 3 rings (SSSR count). The minimum Gasteiger partial charge on any atom is -0.380 e. The van der Waals surface area contributed by atoms with Crippen LogP contribution in [0.5, 0.6) is 0 Å². The van der Waals surface area contributed by atoms with E-state index in [0.29, 0.717) is 28.7 Å². The molecule has 0 aromatic carbocycles. The highest BCUT2D eigenvalue weighted by Crippen LogP contribution is 2.37. The van der Waals surface area contributed by atoms with Crippen LogP contribution in [0.3, 0.4) is 0 Å². The van der Waals surface area contributed by atoms with E-state index in [-0.39, 0.29) is 11.6 Å². The lowest BCUT2D eigenvalue weighted by molar-refractivity contribution is 0.0977. The van der Waals surface area contributed by atoms with Crippen LogP contribution in [0.2, 0.25) is 0 Å². The van der Waals surface area contributed by atoms with Crippen LogP contribution < -0.4 is 5.32 Å². The van der Waals surface area contributed by atoms with Crippen LogP contribution in [-0.4, -0.2) is 48.6 Å². The van der Waals surface area contributed by atoms with Crippen LogP contribution in [-0.2, 0) is 0 Å². The van der Waals surface area contributed by atoms with Crippen LogP contribution in [0.4, 0.5) is 0 Å². The molecule has 2 aliphatic carbocycles. The first-order valence-electron chi connectivity index (χ1n) is 8.26. The highest BCUT2D eigenvalue weighted by atomic mass is 32.1. The number of carbonyl (C=O) groups excluding carboxylic acids is 2. The van der Waals surface area contributed by atoms with Gasteiger partial charge in [-0.25, -0.2) is 4.98 Å². The summed E-state index contributed by atoms with van der Waals surface area (Å²) in [4.78, 5) is 32.0. The maximum absolute atomic E-state index is 12.6. The van der Waals surface area contributed by atoms with Crippen LogP contribution >= 0.6 is 11.3 Å². The lowest BCUT2D eigenvalue weighted by Crippen LogP contribution is -2.31. The Hall–Kier alpha value is -1.53. The summed E-state index contributed by atoms with van der Waals surface area (Å²) >= 11 is 1.42. The summed E-state index contributed by atoms with van der Waals surface area (Å²) in [6.45, 7) is 1.43. The molecule has 124 valence electrons. The molecule has 0 saturated heterocycles. The molecule has 0 aliphatic heterocycles. The van der Waals surface area contributed by atoms with Gasteiger partial charge in [0, 0.05) is 25.1 Å². The van der Waals surface area contributed by atoms with Gasteiger partial charge in [-0.05, 0) is 26.9 Å². The number of thiazole rings is 1. The Morgan fingerprint density at radius 2 is 2.00 bits per heavy atom. The summed E-state index contributed by atoms with van der Waals surface area (Å²) in [6, 6.07) is 0. The van der Waals surface area contributed by atoms with Gasteiger partial charge in [-0.2, -0.15) is 0 Å². The van der Waals surface area contributed by atoms with E-state index in [1.165, 1.54) is 36.7 Å². The van der Waals surface area contributed by atoms with Crippen LogP contribution in [0.15, 0.2) is 11.8 Å². The fourth-order valence-corrected chi connectivity index (χ4v) is 4.26. The topological polar surface area (TPSA) is 62.3 Å². The van der Waals surface area contributed by atoms with Gasteiger partial charge < -0.3 is 10.2 Å². The Balaban J connectivity index is 1.76. The van der Waals surface area contributed by atoms with Crippen LogP contribution in [0, 0.1) is 0 Å². The molecule has 0 radical (unpaired) electrons. The normalized spacial score (nSPS) is 19.0. The molecule has 0 amide bonds. The number of hydrogen-bond donors (Lipinski definition) is 1. The zero-order valence-corrected chi connectivity index (χ0v) is 14.5. The third-order valence-corrected chi connectivity index (χ3v) is 5.66. The number of likely N-dealkylation sites (N-methyl/N-ethyl adjacent to an activating group) is 1. The van der Waals surface area contributed by atoms with Gasteiger partial charge in [-0.1, -0.05) is 19.3 Å². The summed E-state index contributed by atoms with van der Waals surface area (Å²) in [5.74, 6) is 0.188. The molecule has 0 spiro atoms. The molecule has 1 N–H and O–H groups in total. The number of fused-ring (bicyclic) bond motifs is 1. The second kappa shape index (κ2) is 6.93. The minimum absolute atomic E-state index is 0.0912. The average molecular weight is 333 g/mol. The zero-order valence-electron chi connectivity index (χ0n) is 13.7. The summed E-state index contributed by atoms with van der Waals surface area (Å²) < 4.78 is 0. The number of nitrogens with zero attached hydrogens (tertiary/aromatic N) is 2. The van der Waals surface area contributed by atoms with Crippen molar-refractivity contribution in [2.45, 2.75) is 38.0 Å². The molecule has 1 fully saturated rings. The number of aromatic nitrogens is 1. The highest BCUT2D eigenvalue weighted by Gasteiger charge is 2.32. The summed E-state index contributed by atoms with van der Waals surface area (Å²) in [5, 5.41) is 4.05. The van der Waals surface area contributed by atoms with Crippen molar-refractivity contribution >= 4 is 22.9 Å². The third-order valence-electron chi connectivity index (χ3n) is 4.43. The van der Waals surface area contributed by atoms with E-state index in [4.69, 9.17) is 0 Å². The molecule has 2 aliphatic rings. The molecule has 23 heavy (non-hydrogen) atoms. The van der Waals surface area contributed by atoms with Gasteiger partial charge in [0.15, 0.2) is 5.78 Å². The van der Waals surface area contributed by atoms with Crippen LogP contribution in [0.1, 0.15) is 63.2 Å². The fraction of sp³-hybridized carbons (Fsp3) is 0.588. The van der Waals surface area contributed by atoms with Gasteiger partial charge in [0.25, 0.3) is 0 Å². The Bertz CT molecular complexity index is 642. The lowest BCUT2D eigenvalue weighted by atomic mass is 9.90. The number of hydrogen-bond acceptors (Lipinski definition) is 6. The number of Topliss-reactive ketones (excluding diaryl/α,β-unsaturated/α-hetero) is 1. The predicted octanol–water partition coefficient (Wildman–Crippen LogP) is 2.60. The molecule has 0 atom stereocenters. The van der Waals surface area contributed by atoms with Gasteiger partial charge >= 0.3 is 0 Å². The monoisotopic (exact) mass is 333 g/mol. The maximum atomic E-state index is 12.6. The summed E-state index contributed by atoms with van der Waals surface area (Å²) in [7, 11) is 3.94. The van der Waals surface area contributed by atoms with E-state index in [9.17, 15) is 9.59 Å². The Labute approximate surface area is 140 Å². The smallest absolute Gasteiger partial charge is 0.228 e. The first-order chi connectivity index (χ1) is 11.1. The third kappa shape index (κ3) is 3.53. The Morgan fingerprint density at radius 1 is 1.26 bits per heavy atom. The number of rotatable bonds is 5. The molecule has 5 nitrogen and oxygen atoms in total. The van der Waals surface area contributed by atoms with Gasteiger partial charge in [-0.3, -0.25) is 9.59 Å². The van der Waals surface area contributed by atoms with E-state index in [1.807, 2.05) is 19.0 Å².